The molecular weight excluding hydrogens is 1260 g/mol. The summed E-state index contributed by atoms with van der Waals surface area (Å²) in [6, 6.07) is 7.94. The van der Waals surface area contributed by atoms with Gasteiger partial charge in [-0.1, -0.05) is 176 Å². The van der Waals surface area contributed by atoms with Crippen molar-refractivity contribution in [1.82, 2.24) is 0 Å². The fraction of sp³-hybridized carbons (Fsp3) is 0.522. The SMILES string of the molecule is C=C(C)[C@@H]1CCC(C)=C[C@H]1c1c(O)cc(CCCCC)c(C(=O)OC)c1O.C=C(C)[C@@H]1CCC(C)=C[C@H]1c1c(O)cc(CCCCC)cc1O.C=C(C)[C@H]1C=CC(C)(O)CC1.CCCCCc1cc(O)cc(O)c1C(=O)OC.ICI.[CH3-]. The van der Waals surface area contributed by atoms with Crippen molar-refractivity contribution in [2.75, 3.05) is 16.7 Å². The van der Waals surface area contributed by atoms with Gasteiger partial charge in [0.2, 0.25) is 0 Å². The van der Waals surface area contributed by atoms with Gasteiger partial charge in [-0.25, -0.2) is 9.59 Å². The zero-order valence-corrected chi connectivity index (χ0v) is 56.0. The minimum Gasteiger partial charge on any atom is -0.508 e. The maximum atomic E-state index is 12.4. The quantitative estimate of drug-likeness (QED) is 0.0151. The average Bonchev–Trinajstić information content (AvgIpc) is 3.57. The van der Waals surface area contributed by atoms with Crippen LogP contribution in [-0.2, 0) is 28.7 Å². The van der Waals surface area contributed by atoms with E-state index in [-0.39, 0.29) is 76.7 Å². The van der Waals surface area contributed by atoms with Gasteiger partial charge >= 0.3 is 11.9 Å². The summed E-state index contributed by atoms with van der Waals surface area (Å²) in [4.78, 5) is 24.0. The molecule has 13 heteroatoms. The van der Waals surface area contributed by atoms with Crippen LogP contribution < -0.4 is 0 Å². The molecule has 0 radical (unpaired) electrons. The number of phenols is 6. The van der Waals surface area contributed by atoms with E-state index in [1.165, 1.54) is 52.3 Å². The molecule has 0 saturated heterocycles. The summed E-state index contributed by atoms with van der Waals surface area (Å²) in [7, 11) is 2.58. The molecule has 7 N–H and O–H groups in total. The van der Waals surface area contributed by atoms with Crippen molar-refractivity contribution in [3.8, 4) is 34.5 Å². The molecule has 0 saturated carbocycles. The molecule has 82 heavy (non-hydrogen) atoms. The van der Waals surface area contributed by atoms with Crippen LogP contribution in [0.2, 0.25) is 0 Å². The molecule has 458 valence electrons. The van der Waals surface area contributed by atoms with Gasteiger partial charge in [0.25, 0.3) is 0 Å². The molecule has 0 aliphatic heterocycles. The topological polar surface area (TPSA) is 194 Å². The summed E-state index contributed by atoms with van der Waals surface area (Å²) in [5.74, 6) is -0.404. The highest BCUT2D eigenvalue weighted by molar-refractivity contribution is 14.2. The first-order valence-electron chi connectivity index (χ1n) is 29.0. The molecule has 3 aliphatic carbocycles. The van der Waals surface area contributed by atoms with E-state index in [4.69, 9.17) is 4.74 Å². The highest BCUT2D eigenvalue weighted by Crippen LogP contribution is 2.49. The van der Waals surface area contributed by atoms with Crippen molar-refractivity contribution in [3.05, 3.63) is 149 Å². The summed E-state index contributed by atoms with van der Waals surface area (Å²) in [5.41, 5.74) is 8.95. The molecular formula is C69H101I2O11-. The van der Waals surface area contributed by atoms with Gasteiger partial charge in [0.05, 0.1) is 22.3 Å². The molecule has 0 bridgehead atoms. The number of benzene rings is 3. The summed E-state index contributed by atoms with van der Waals surface area (Å²) >= 11 is 4.55. The number of carbonyl (C=O) groups is 2. The van der Waals surface area contributed by atoms with Crippen molar-refractivity contribution in [3.63, 3.8) is 0 Å². The Morgan fingerprint density at radius 3 is 1.45 bits per heavy atom. The van der Waals surface area contributed by atoms with Gasteiger partial charge in [-0.15, -0.1) is 0 Å². The number of aryl methyl sites for hydroxylation is 3. The number of phenolic OH excluding ortho intramolecular Hbond substituents is 6. The first-order chi connectivity index (χ1) is 38.3. The zero-order chi connectivity index (χ0) is 61.1. The molecule has 6 rings (SSSR count). The number of allylic oxidation sites excluding steroid dienone is 8. The van der Waals surface area contributed by atoms with Crippen LogP contribution in [-0.4, -0.2) is 69.9 Å². The van der Waals surface area contributed by atoms with Crippen LogP contribution in [0.3, 0.4) is 0 Å². The third kappa shape index (κ3) is 23.7. The Morgan fingerprint density at radius 2 is 1.04 bits per heavy atom. The summed E-state index contributed by atoms with van der Waals surface area (Å²) in [6.07, 6.45) is 25.6. The smallest absolute Gasteiger partial charge is 0.341 e. The molecule has 3 aromatic rings. The van der Waals surface area contributed by atoms with Crippen LogP contribution in [0, 0.1) is 25.2 Å². The number of alkyl halides is 2. The highest BCUT2D eigenvalue weighted by Gasteiger charge is 2.34. The number of hydrogen-bond acceptors (Lipinski definition) is 11. The second kappa shape index (κ2) is 38.3. The molecule has 0 heterocycles. The lowest BCUT2D eigenvalue weighted by molar-refractivity contribution is 0.0586. The first kappa shape index (κ1) is 75.3. The Hall–Kier alpha value is -4.74. The van der Waals surface area contributed by atoms with Gasteiger partial charge in [-0.05, 0) is 177 Å². The van der Waals surface area contributed by atoms with Crippen LogP contribution in [0.1, 0.15) is 219 Å². The van der Waals surface area contributed by atoms with Gasteiger partial charge < -0.3 is 52.6 Å². The monoisotopic (exact) mass is 1360 g/mol. The normalized spacial score (nSPS) is 19.7. The van der Waals surface area contributed by atoms with Crippen molar-refractivity contribution in [2.45, 2.75) is 195 Å². The van der Waals surface area contributed by atoms with Crippen LogP contribution in [0.5, 0.6) is 34.5 Å². The van der Waals surface area contributed by atoms with E-state index < -0.39 is 17.5 Å². The second-order valence-corrected chi connectivity index (χ2v) is 26.9. The van der Waals surface area contributed by atoms with E-state index >= 15 is 0 Å². The number of hydrogen-bond donors (Lipinski definition) is 7. The minimum atomic E-state index is -0.577. The number of ether oxygens (including phenoxy) is 2. The van der Waals surface area contributed by atoms with Crippen LogP contribution in [0.15, 0.2) is 102 Å². The van der Waals surface area contributed by atoms with Crippen molar-refractivity contribution in [1.29, 1.82) is 0 Å². The van der Waals surface area contributed by atoms with Crippen molar-refractivity contribution in [2.24, 2.45) is 17.8 Å². The lowest BCUT2D eigenvalue weighted by Crippen LogP contribution is -2.25. The minimum absolute atomic E-state index is 0. The zero-order valence-electron chi connectivity index (χ0n) is 51.7. The number of methoxy groups -OCH3 is 2. The molecule has 0 spiro atoms. The summed E-state index contributed by atoms with van der Waals surface area (Å²) < 4.78 is 10.7. The van der Waals surface area contributed by atoms with E-state index in [0.717, 1.165) is 113 Å². The fourth-order valence-electron chi connectivity index (χ4n) is 10.8. The molecule has 0 aromatic heterocycles. The van der Waals surface area contributed by atoms with E-state index in [1.807, 2.05) is 45.9 Å². The molecule has 0 amide bonds. The highest BCUT2D eigenvalue weighted by atomic mass is 127. The first-order valence-corrected chi connectivity index (χ1v) is 32.0. The average molecular weight is 1360 g/mol. The summed E-state index contributed by atoms with van der Waals surface area (Å²) in [6.45, 7) is 30.5. The maximum Gasteiger partial charge on any atom is 0.341 e. The number of rotatable bonds is 19. The van der Waals surface area contributed by atoms with Gasteiger partial charge in [-0.3, -0.25) is 0 Å². The maximum absolute atomic E-state index is 12.4. The van der Waals surface area contributed by atoms with E-state index in [2.05, 4.69) is 123 Å². The Bertz CT molecular complexity index is 2620. The summed E-state index contributed by atoms with van der Waals surface area (Å²) in [5, 5.41) is 71.5. The third-order valence-corrected chi connectivity index (χ3v) is 15.4. The Balaban J connectivity index is 0.000000557. The molecule has 11 nitrogen and oxygen atoms in total. The third-order valence-electron chi connectivity index (χ3n) is 15.4. The lowest BCUT2D eigenvalue weighted by Gasteiger charge is -2.32. The number of halogens is 2. The standard InChI is InChI=1S/C23H32O4.C21H30O2.C13H18O4.C10H16O.CH2I2.CH3/c1-6-7-8-9-16-13-19(24)21(22(25)20(16)23(26)27-5)18-12-15(4)10-11-17(18)14(2)3;1-5-6-7-8-16-12-19(22)21(20(23)13-16)18-11-15(4)9-10-17(18)14(2)3;1-3-4-5-6-9-7-10(14)8-11(15)12(9)13(16)17-2;1-8(2)9-4-6-10(3,11)7-5-9;2-1-3;/h12-13,17-18,24-25H,2,6-11H2,1,3-5H3;11-13,17-18,22-23H,2,5-10H2,1,3-4H3;7-8,14-15H,3-6H2,1-2H3;4,6,9,11H,1,5,7H2,2-3H3;1H2;1H3/q;;;;;-1/t2*17-,18+;;9-,10?;;/m00.0../s1. The van der Waals surface area contributed by atoms with E-state index in [9.17, 15) is 45.3 Å². The van der Waals surface area contributed by atoms with Crippen LogP contribution in [0.4, 0.5) is 0 Å². The fourth-order valence-corrected chi connectivity index (χ4v) is 10.8. The molecule has 3 aromatic carbocycles. The Morgan fingerprint density at radius 1 is 0.610 bits per heavy atom. The van der Waals surface area contributed by atoms with Crippen molar-refractivity contribution < 1.29 is 54.8 Å². The van der Waals surface area contributed by atoms with Gasteiger partial charge in [0.1, 0.15) is 45.6 Å². The van der Waals surface area contributed by atoms with Gasteiger partial charge in [0, 0.05) is 29.0 Å². The number of aromatic hydroxyl groups is 6. The van der Waals surface area contributed by atoms with Gasteiger partial charge in [0.15, 0.2) is 0 Å². The van der Waals surface area contributed by atoms with Crippen molar-refractivity contribution >= 4 is 57.1 Å². The number of esters is 2. The van der Waals surface area contributed by atoms with E-state index in [1.54, 1.807) is 6.07 Å². The predicted molar refractivity (Wildman–Crippen MR) is 356 cm³/mol. The largest absolute Gasteiger partial charge is 0.508 e. The molecule has 3 aliphatic rings. The molecule has 6 atom stereocenters. The molecule has 1 unspecified atom stereocenters. The van der Waals surface area contributed by atoms with Crippen LogP contribution >= 0.6 is 45.2 Å². The van der Waals surface area contributed by atoms with Crippen LogP contribution in [0.25, 0.3) is 0 Å². The molecule has 0 fully saturated rings. The number of carbonyl (C=O) groups excluding carboxylic acids is 2. The Labute approximate surface area is 521 Å². The number of unbranched alkanes of at least 4 members (excludes halogenated alkanes) is 6. The van der Waals surface area contributed by atoms with Gasteiger partial charge in [-0.2, -0.15) is 0 Å². The van der Waals surface area contributed by atoms with E-state index in [0.29, 0.717) is 41.0 Å². The Kier molecular flexibility index (Phi) is 35.1. The second-order valence-electron chi connectivity index (χ2n) is 22.5. The number of aliphatic hydroxyl groups is 1. The lowest BCUT2D eigenvalue weighted by atomic mass is 9.73. The predicted octanol–water partition coefficient (Wildman–Crippen LogP) is 18.6.